The molecule has 19 heavy (non-hydrogen) atoms. The summed E-state index contributed by atoms with van der Waals surface area (Å²) in [6.45, 7) is 0.689. The molecule has 0 radical (unpaired) electrons. The van der Waals surface area contributed by atoms with Gasteiger partial charge in [0.1, 0.15) is 0 Å². The van der Waals surface area contributed by atoms with Crippen LogP contribution in [-0.4, -0.2) is 24.9 Å². The van der Waals surface area contributed by atoms with E-state index in [-0.39, 0.29) is 5.91 Å². The van der Waals surface area contributed by atoms with Gasteiger partial charge in [-0.25, -0.2) is 0 Å². The Balaban J connectivity index is 2.22. The second-order valence-electron chi connectivity index (χ2n) is 4.44. The number of amides is 1. The molecule has 5 heteroatoms. The van der Waals surface area contributed by atoms with E-state index in [0.717, 1.165) is 5.69 Å². The highest BCUT2D eigenvalue weighted by Gasteiger charge is 2.13. The van der Waals surface area contributed by atoms with E-state index in [0.29, 0.717) is 17.8 Å². The Hall–Kier alpha value is -2.01. The van der Waals surface area contributed by atoms with Gasteiger partial charge in [-0.1, -0.05) is 6.07 Å². The monoisotopic (exact) mass is 275 g/mol. The molecule has 3 N–H and O–H groups in total. The first-order valence-corrected chi connectivity index (χ1v) is 6.83. The van der Waals surface area contributed by atoms with Crippen molar-refractivity contribution in [2.75, 3.05) is 25.1 Å². The zero-order valence-corrected chi connectivity index (χ0v) is 11.8. The van der Waals surface area contributed by atoms with Crippen molar-refractivity contribution in [2.24, 2.45) is 0 Å². The molecule has 100 valence electrons. The number of benzene rings is 1. The van der Waals surface area contributed by atoms with E-state index in [4.69, 9.17) is 5.73 Å². The fourth-order valence-electron chi connectivity index (χ4n) is 1.73. The molecule has 0 aliphatic carbocycles. The number of carbonyl (C=O) groups excluding carboxylic acids is 1. The lowest BCUT2D eigenvalue weighted by atomic mass is 10.1. The van der Waals surface area contributed by atoms with Gasteiger partial charge in [0.25, 0.3) is 5.91 Å². The van der Waals surface area contributed by atoms with Crippen LogP contribution in [0.5, 0.6) is 0 Å². The summed E-state index contributed by atoms with van der Waals surface area (Å²) in [5.74, 6) is -0.0336. The number of rotatable bonds is 4. The maximum atomic E-state index is 12.1. The standard InChI is InChI=1S/C14H17N3OS/c1-17(2)14(18)12-6-5-10(15)8-13(12)16-9-11-4-3-7-19-11/h3-8,16H,9,15H2,1-2H3. The van der Waals surface area contributed by atoms with Crippen LogP contribution in [0.2, 0.25) is 0 Å². The van der Waals surface area contributed by atoms with Gasteiger partial charge in [-0.15, -0.1) is 11.3 Å². The predicted molar refractivity (Wildman–Crippen MR) is 80.5 cm³/mol. The highest BCUT2D eigenvalue weighted by molar-refractivity contribution is 7.09. The fourth-order valence-corrected chi connectivity index (χ4v) is 2.38. The summed E-state index contributed by atoms with van der Waals surface area (Å²) in [6.07, 6.45) is 0. The lowest BCUT2D eigenvalue weighted by Crippen LogP contribution is -2.23. The van der Waals surface area contributed by atoms with E-state index < -0.39 is 0 Å². The number of anilines is 2. The first-order valence-electron chi connectivity index (χ1n) is 5.95. The van der Waals surface area contributed by atoms with Crippen LogP contribution < -0.4 is 11.1 Å². The Kier molecular flexibility index (Phi) is 4.06. The molecule has 2 rings (SSSR count). The molecule has 1 aromatic carbocycles. The number of hydrogen-bond acceptors (Lipinski definition) is 4. The van der Waals surface area contributed by atoms with E-state index >= 15 is 0 Å². The molecule has 0 atom stereocenters. The zero-order chi connectivity index (χ0) is 13.8. The van der Waals surface area contributed by atoms with Crippen molar-refractivity contribution in [3.63, 3.8) is 0 Å². The quantitative estimate of drug-likeness (QED) is 0.843. The molecule has 0 saturated carbocycles. The van der Waals surface area contributed by atoms with E-state index in [9.17, 15) is 4.79 Å². The number of carbonyl (C=O) groups is 1. The molecule has 0 aliphatic heterocycles. The van der Waals surface area contributed by atoms with Gasteiger partial charge in [0, 0.05) is 36.9 Å². The number of nitrogen functional groups attached to an aromatic ring is 1. The van der Waals surface area contributed by atoms with Crippen molar-refractivity contribution in [1.29, 1.82) is 0 Å². The largest absolute Gasteiger partial charge is 0.399 e. The van der Waals surface area contributed by atoms with Crippen LogP contribution in [0.3, 0.4) is 0 Å². The van der Waals surface area contributed by atoms with Gasteiger partial charge in [0.15, 0.2) is 0 Å². The van der Waals surface area contributed by atoms with Crippen LogP contribution in [0.25, 0.3) is 0 Å². The molecule has 0 unspecified atom stereocenters. The van der Waals surface area contributed by atoms with Gasteiger partial charge in [-0.3, -0.25) is 4.79 Å². The van der Waals surface area contributed by atoms with Gasteiger partial charge in [0.2, 0.25) is 0 Å². The minimum atomic E-state index is -0.0336. The van der Waals surface area contributed by atoms with Crippen LogP contribution >= 0.6 is 11.3 Å². The maximum Gasteiger partial charge on any atom is 0.255 e. The third-order valence-corrected chi connectivity index (χ3v) is 3.59. The molecule has 0 saturated heterocycles. The van der Waals surface area contributed by atoms with Gasteiger partial charge in [0.05, 0.1) is 5.56 Å². The van der Waals surface area contributed by atoms with Crippen LogP contribution in [0, 0.1) is 0 Å². The van der Waals surface area contributed by atoms with Crippen LogP contribution in [0.1, 0.15) is 15.2 Å². The Morgan fingerprint density at radius 2 is 2.16 bits per heavy atom. The smallest absolute Gasteiger partial charge is 0.255 e. The second kappa shape index (κ2) is 5.75. The summed E-state index contributed by atoms with van der Waals surface area (Å²) in [4.78, 5) is 14.9. The summed E-state index contributed by atoms with van der Waals surface area (Å²) < 4.78 is 0. The van der Waals surface area contributed by atoms with Crippen molar-refractivity contribution in [1.82, 2.24) is 4.90 Å². The molecule has 1 aromatic heterocycles. The lowest BCUT2D eigenvalue weighted by Gasteiger charge is -2.15. The number of nitrogens with two attached hydrogens (primary N) is 1. The Labute approximate surface area is 116 Å². The highest BCUT2D eigenvalue weighted by atomic mass is 32.1. The van der Waals surface area contributed by atoms with Crippen molar-refractivity contribution >= 4 is 28.6 Å². The molecule has 0 spiro atoms. The fraction of sp³-hybridized carbons (Fsp3) is 0.214. The number of thiophene rings is 1. The average Bonchev–Trinajstić information content (AvgIpc) is 2.88. The second-order valence-corrected chi connectivity index (χ2v) is 5.47. The summed E-state index contributed by atoms with van der Waals surface area (Å²) in [6, 6.07) is 9.36. The molecule has 0 bridgehead atoms. The number of nitrogens with zero attached hydrogens (tertiary/aromatic N) is 1. The summed E-state index contributed by atoms with van der Waals surface area (Å²) in [5.41, 5.74) is 7.84. The normalized spacial score (nSPS) is 10.2. The molecule has 2 aromatic rings. The predicted octanol–water partition coefficient (Wildman–Crippen LogP) is 2.64. The molecular weight excluding hydrogens is 258 g/mol. The van der Waals surface area contributed by atoms with E-state index in [2.05, 4.69) is 11.4 Å². The highest BCUT2D eigenvalue weighted by Crippen LogP contribution is 2.22. The number of hydrogen-bond donors (Lipinski definition) is 2. The Bertz CT molecular complexity index is 564. The molecular formula is C14H17N3OS. The van der Waals surface area contributed by atoms with Crippen LogP contribution in [0.15, 0.2) is 35.7 Å². The third kappa shape index (κ3) is 3.26. The van der Waals surface area contributed by atoms with Gasteiger partial charge >= 0.3 is 0 Å². The average molecular weight is 275 g/mol. The van der Waals surface area contributed by atoms with Crippen LogP contribution in [0.4, 0.5) is 11.4 Å². The van der Waals surface area contributed by atoms with E-state index in [1.54, 1.807) is 48.5 Å². The third-order valence-electron chi connectivity index (χ3n) is 2.71. The van der Waals surface area contributed by atoms with Crippen molar-refractivity contribution in [2.45, 2.75) is 6.54 Å². The lowest BCUT2D eigenvalue weighted by molar-refractivity contribution is 0.0828. The Morgan fingerprint density at radius 1 is 1.37 bits per heavy atom. The van der Waals surface area contributed by atoms with Gasteiger partial charge < -0.3 is 16.0 Å². The van der Waals surface area contributed by atoms with Crippen molar-refractivity contribution < 1.29 is 4.79 Å². The molecule has 0 fully saturated rings. The van der Waals surface area contributed by atoms with Crippen molar-refractivity contribution in [3.05, 3.63) is 46.2 Å². The first-order chi connectivity index (χ1) is 9.08. The van der Waals surface area contributed by atoms with E-state index in [1.807, 2.05) is 11.4 Å². The first kappa shape index (κ1) is 13.4. The summed E-state index contributed by atoms with van der Waals surface area (Å²) in [7, 11) is 3.48. The maximum absolute atomic E-state index is 12.1. The zero-order valence-electron chi connectivity index (χ0n) is 11.0. The minimum absolute atomic E-state index is 0.0336. The Morgan fingerprint density at radius 3 is 2.79 bits per heavy atom. The summed E-state index contributed by atoms with van der Waals surface area (Å²) in [5, 5.41) is 5.31. The molecule has 1 heterocycles. The number of nitrogens with one attached hydrogen (secondary N) is 1. The van der Waals surface area contributed by atoms with Crippen LogP contribution in [-0.2, 0) is 6.54 Å². The van der Waals surface area contributed by atoms with E-state index in [1.165, 1.54) is 4.88 Å². The van der Waals surface area contributed by atoms with Gasteiger partial charge in [-0.2, -0.15) is 0 Å². The molecule has 0 aliphatic rings. The topological polar surface area (TPSA) is 58.4 Å². The van der Waals surface area contributed by atoms with Gasteiger partial charge in [-0.05, 0) is 29.6 Å². The minimum Gasteiger partial charge on any atom is -0.399 e. The molecule has 4 nitrogen and oxygen atoms in total. The van der Waals surface area contributed by atoms with Crippen molar-refractivity contribution in [3.8, 4) is 0 Å². The molecule has 1 amide bonds. The summed E-state index contributed by atoms with van der Waals surface area (Å²) >= 11 is 1.68. The SMILES string of the molecule is CN(C)C(=O)c1ccc(N)cc1NCc1cccs1.